The Morgan fingerprint density at radius 1 is 1.19 bits per heavy atom. The average Bonchev–Trinajstić information content (AvgIpc) is 3.28. The summed E-state index contributed by atoms with van der Waals surface area (Å²) in [4.78, 5) is 25.4. The highest BCUT2D eigenvalue weighted by Gasteiger charge is 2.44. The maximum absolute atomic E-state index is 13.0. The number of hydrogen-bond donors (Lipinski definition) is 0. The molecule has 7 nitrogen and oxygen atoms in total. The number of fused-ring (bicyclic) bond motifs is 4. The summed E-state index contributed by atoms with van der Waals surface area (Å²) in [6.07, 6.45) is 4.86. The molecule has 0 aliphatic carbocycles. The first-order valence-electron chi connectivity index (χ1n) is 9.30. The zero-order valence-corrected chi connectivity index (χ0v) is 15.4. The first-order chi connectivity index (χ1) is 12.8. The molecule has 0 aromatic carbocycles. The fourth-order valence-electron chi connectivity index (χ4n) is 4.50. The fraction of sp³-hybridized carbons (Fsp3) is 0.556. The molecule has 2 aromatic heterocycles. The molecule has 2 fully saturated rings. The number of hydrogen-bond acceptors (Lipinski definition) is 7. The van der Waals surface area contributed by atoms with Crippen LogP contribution in [-0.2, 0) is 11.2 Å². The van der Waals surface area contributed by atoms with Crippen LogP contribution < -0.4 is 4.90 Å². The Morgan fingerprint density at radius 3 is 2.88 bits per heavy atom. The zero-order valence-electron chi connectivity index (χ0n) is 14.6. The Bertz CT molecular complexity index is 788. The van der Waals surface area contributed by atoms with Crippen molar-refractivity contribution in [2.75, 3.05) is 37.6 Å². The van der Waals surface area contributed by atoms with Gasteiger partial charge in [-0.05, 0) is 36.5 Å². The molecule has 0 N–H and O–H groups in total. The van der Waals surface area contributed by atoms with E-state index >= 15 is 0 Å². The number of pyridine rings is 1. The van der Waals surface area contributed by atoms with E-state index in [1.807, 2.05) is 24.4 Å². The van der Waals surface area contributed by atoms with E-state index in [9.17, 15) is 4.79 Å². The lowest BCUT2D eigenvalue weighted by Gasteiger charge is -2.38. The van der Waals surface area contributed by atoms with E-state index in [1.165, 1.54) is 16.4 Å². The molecule has 0 saturated carbocycles. The predicted octanol–water partition coefficient (Wildman–Crippen LogP) is 1.34. The highest BCUT2D eigenvalue weighted by atomic mass is 32.1. The third-order valence-corrected chi connectivity index (χ3v) is 6.68. The molecular formula is C18H22N6OS. The number of amides is 1. The van der Waals surface area contributed by atoms with E-state index in [1.54, 1.807) is 0 Å². The highest BCUT2D eigenvalue weighted by molar-refractivity contribution is 7.05. The van der Waals surface area contributed by atoms with Crippen LogP contribution in [0.1, 0.15) is 29.5 Å². The predicted molar refractivity (Wildman–Crippen MR) is 99.1 cm³/mol. The molecule has 0 spiro atoms. The van der Waals surface area contributed by atoms with E-state index in [2.05, 4.69) is 29.3 Å². The summed E-state index contributed by atoms with van der Waals surface area (Å²) in [5, 5.41) is 4.25. The summed E-state index contributed by atoms with van der Waals surface area (Å²) in [5.74, 6) is 1.29. The van der Waals surface area contributed by atoms with Gasteiger partial charge in [-0.3, -0.25) is 9.69 Å². The number of carbonyl (C=O) groups excluding carboxylic acids is 1. The lowest BCUT2D eigenvalue weighted by atomic mass is 10.1. The molecule has 26 heavy (non-hydrogen) atoms. The van der Waals surface area contributed by atoms with Gasteiger partial charge >= 0.3 is 0 Å². The van der Waals surface area contributed by atoms with Crippen molar-refractivity contribution in [1.29, 1.82) is 0 Å². The molecule has 0 unspecified atom stereocenters. The van der Waals surface area contributed by atoms with Crippen molar-refractivity contribution in [1.82, 2.24) is 24.4 Å². The smallest absolute Gasteiger partial charge is 0.237 e. The topological polar surface area (TPSA) is 65.5 Å². The van der Waals surface area contributed by atoms with Gasteiger partial charge in [-0.15, -0.1) is 5.10 Å². The summed E-state index contributed by atoms with van der Waals surface area (Å²) in [7, 11) is 0. The molecule has 2 atom stereocenters. The minimum atomic E-state index is 0.214. The molecule has 2 saturated heterocycles. The lowest BCUT2D eigenvalue weighted by Crippen LogP contribution is -2.52. The minimum absolute atomic E-state index is 0.214. The van der Waals surface area contributed by atoms with E-state index in [0.717, 1.165) is 57.0 Å². The first kappa shape index (κ1) is 16.1. The van der Waals surface area contributed by atoms with Gasteiger partial charge in [0.25, 0.3) is 0 Å². The van der Waals surface area contributed by atoms with Gasteiger partial charge in [-0.2, -0.15) is 0 Å². The van der Waals surface area contributed by atoms with Crippen molar-refractivity contribution in [3.8, 4) is 0 Å². The van der Waals surface area contributed by atoms with Crippen LogP contribution in [0.15, 0.2) is 24.4 Å². The van der Waals surface area contributed by atoms with Crippen molar-refractivity contribution >= 4 is 23.3 Å². The summed E-state index contributed by atoms with van der Waals surface area (Å²) >= 11 is 1.47. The average molecular weight is 370 g/mol. The summed E-state index contributed by atoms with van der Waals surface area (Å²) < 4.78 is 4.10. The van der Waals surface area contributed by atoms with Gasteiger partial charge in [0.1, 0.15) is 5.82 Å². The summed E-state index contributed by atoms with van der Waals surface area (Å²) in [5.41, 5.74) is 1.12. The van der Waals surface area contributed by atoms with Crippen LogP contribution in [0, 0.1) is 0 Å². The second-order valence-corrected chi connectivity index (χ2v) is 8.07. The van der Waals surface area contributed by atoms with Crippen molar-refractivity contribution in [3.05, 3.63) is 35.0 Å². The molecule has 3 aliphatic rings. The third kappa shape index (κ3) is 2.77. The van der Waals surface area contributed by atoms with Crippen LogP contribution in [0.5, 0.6) is 0 Å². The second-order valence-electron chi connectivity index (χ2n) is 7.29. The van der Waals surface area contributed by atoms with Crippen LogP contribution in [0.4, 0.5) is 5.82 Å². The molecule has 5 rings (SSSR count). The number of aromatic nitrogens is 3. The Kier molecular flexibility index (Phi) is 4.09. The van der Waals surface area contributed by atoms with Crippen LogP contribution in [0.3, 0.4) is 0 Å². The number of nitrogens with zero attached hydrogens (tertiary/aromatic N) is 6. The van der Waals surface area contributed by atoms with Gasteiger partial charge in [-0.25, -0.2) is 4.98 Å². The third-order valence-electron chi connectivity index (χ3n) is 5.81. The number of carbonyl (C=O) groups is 1. The Labute approximate surface area is 156 Å². The Balaban J connectivity index is 1.21. The van der Waals surface area contributed by atoms with Crippen LogP contribution in [0.25, 0.3) is 0 Å². The second kappa shape index (κ2) is 6.59. The number of anilines is 1. The maximum atomic E-state index is 13.0. The monoisotopic (exact) mass is 370 g/mol. The van der Waals surface area contributed by atoms with Crippen LogP contribution >= 0.6 is 11.5 Å². The van der Waals surface area contributed by atoms with Gasteiger partial charge in [0.15, 0.2) is 0 Å². The number of rotatable bonds is 3. The van der Waals surface area contributed by atoms with Crippen molar-refractivity contribution < 1.29 is 4.79 Å². The minimum Gasteiger partial charge on any atom is -0.354 e. The molecule has 2 bridgehead atoms. The molecule has 5 heterocycles. The van der Waals surface area contributed by atoms with Gasteiger partial charge in [0, 0.05) is 44.8 Å². The van der Waals surface area contributed by atoms with E-state index in [4.69, 9.17) is 0 Å². The normalized spacial score (nSPS) is 25.4. The quantitative estimate of drug-likeness (QED) is 0.812. The van der Waals surface area contributed by atoms with Crippen LogP contribution in [0.2, 0.25) is 0 Å². The van der Waals surface area contributed by atoms with Crippen molar-refractivity contribution in [2.24, 2.45) is 0 Å². The molecule has 3 aliphatic heterocycles. The first-order valence-corrected chi connectivity index (χ1v) is 10.1. The van der Waals surface area contributed by atoms with Crippen molar-refractivity contribution in [3.63, 3.8) is 0 Å². The molecule has 8 heteroatoms. The highest BCUT2D eigenvalue weighted by Crippen LogP contribution is 2.44. The van der Waals surface area contributed by atoms with E-state index in [0.29, 0.717) is 12.6 Å². The fourth-order valence-corrected chi connectivity index (χ4v) is 5.31. The molecule has 2 aromatic rings. The standard InChI is InChI=1S/C18H22N6OS/c25-17(24-13-4-5-15(24)18-14(11-13)20-21-26-18)12-22-7-9-23(10-8-22)16-3-1-2-6-19-16/h1-3,6,13,15H,4-5,7-12H2/t13-,15-/m1/s1. The Hall–Kier alpha value is -2.06. The number of piperazine rings is 1. The van der Waals surface area contributed by atoms with E-state index < -0.39 is 0 Å². The Morgan fingerprint density at radius 2 is 2.08 bits per heavy atom. The van der Waals surface area contributed by atoms with Gasteiger partial charge in [0.2, 0.25) is 5.91 Å². The SMILES string of the molecule is O=C(CN1CCN(c2ccccn2)CC1)N1[C@@H]2CC[C@@H]1c1snnc1C2. The maximum Gasteiger partial charge on any atom is 0.237 e. The molecule has 0 radical (unpaired) electrons. The zero-order chi connectivity index (χ0) is 17.5. The molecule has 1 amide bonds. The van der Waals surface area contributed by atoms with Gasteiger partial charge in [-0.1, -0.05) is 10.6 Å². The largest absolute Gasteiger partial charge is 0.354 e. The van der Waals surface area contributed by atoms with Crippen LogP contribution in [-0.4, -0.2) is 69.0 Å². The van der Waals surface area contributed by atoms with Gasteiger partial charge < -0.3 is 9.80 Å². The van der Waals surface area contributed by atoms with Gasteiger partial charge in [0.05, 0.1) is 23.2 Å². The van der Waals surface area contributed by atoms with E-state index in [-0.39, 0.29) is 11.9 Å². The molecule has 136 valence electrons. The van der Waals surface area contributed by atoms with Crippen molar-refractivity contribution in [2.45, 2.75) is 31.3 Å². The summed E-state index contributed by atoms with van der Waals surface area (Å²) in [6, 6.07) is 6.54. The lowest BCUT2D eigenvalue weighted by molar-refractivity contribution is -0.136. The summed E-state index contributed by atoms with van der Waals surface area (Å²) in [6.45, 7) is 4.16. The molecular weight excluding hydrogens is 348 g/mol.